The number of hydrogen-bond acceptors (Lipinski definition) is 5. The molecule has 1 aliphatic heterocycles. The van der Waals surface area contributed by atoms with Gasteiger partial charge in [-0.3, -0.25) is 9.10 Å². The highest BCUT2D eigenvalue weighted by Crippen LogP contribution is 2.34. The number of carbonyl (C=O) groups excluding carboxylic acids is 1. The van der Waals surface area contributed by atoms with Gasteiger partial charge in [0.25, 0.3) is 5.91 Å². The molecule has 1 N–H and O–H groups in total. The molecule has 8 heteroatoms. The number of benzene rings is 1. The first kappa shape index (κ1) is 17.6. The van der Waals surface area contributed by atoms with E-state index in [0.717, 1.165) is 0 Å². The maximum Gasteiger partial charge on any atom is 0.263 e. The van der Waals surface area contributed by atoms with Crippen LogP contribution in [0, 0.1) is 0 Å². The molecule has 23 heavy (non-hydrogen) atoms. The summed E-state index contributed by atoms with van der Waals surface area (Å²) in [6, 6.07) is 6.83. The van der Waals surface area contributed by atoms with E-state index < -0.39 is 16.1 Å². The number of nitrogens with zero attached hydrogens (tertiary/aromatic N) is 1. The van der Waals surface area contributed by atoms with E-state index in [1.807, 2.05) is 0 Å². The highest BCUT2D eigenvalue weighted by atomic mass is 32.2. The standard InChI is InChI=1S/C15H22N2O5S/c1-3-23(19,20)17-11-14(15(18)16-9-6-10-21-2)22-13-8-5-4-7-12(13)17/h4-5,7-8,14H,3,6,9-11H2,1-2H3,(H,16,18). The zero-order chi connectivity index (χ0) is 16.9. The van der Waals surface area contributed by atoms with E-state index in [9.17, 15) is 13.2 Å². The third kappa shape index (κ3) is 4.14. The molecule has 1 amide bonds. The van der Waals surface area contributed by atoms with Crippen LogP contribution in [-0.2, 0) is 19.6 Å². The summed E-state index contributed by atoms with van der Waals surface area (Å²) in [5, 5.41) is 2.74. The molecule has 1 aromatic rings. The highest BCUT2D eigenvalue weighted by molar-refractivity contribution is 7.92. The van der Waals surface area contributed by atoms with Gasteiger partial charge in [0.05, 0.1) is 18.0 Å². The number of rotatable bonds is 7. The molecule has 0 saturated heterocycles. The number of sulfonamides is 1. The predicted octanol–water partition coefficient (Wildman–Crippen LogP) is 0.756. The first-order chi connectivity index (χ1) is 11.0. The molecule has 0 aromatic heterocycles. The molecule has 1 aromatic carbocycles. The van der Waals surface area contributed by atoms with Crippen LogP contribution < -0.4 is 14.4 Å². The molecule has 1 heterocycles. The number of carbonyl (C=O) groups is 1. The fourth-order valence-electron chi connectivity index (χ4n) is 2.30. The lowest BCUT2D eigenvalue weighted by atomic mass is 10.2. The van der Waals surface area contributed by atoms with Gasteiger partial charge < -0.3 is 14.8 Å². The Kier molecular flexibility index (Phi) is 5.84. The topological polar surface area (TPSA) is 84.9 Å². The second kappa shape index (κ2) is 7.65. The van der Waals surface area contributed by atoms with Crippen LogP contribution in [0.5, 0.6) is 5.75 Å². The van der Waals surface area contributed by atoms with Crippen molar-refractivity contribution < 1.29 is 22.7 Å². The van der Waals surface area contributed by atoms with Crippen molar-refractivity contribution in [3.05, 3.63) is 24.3 Å². The van der Waals surface area contributed by atoms with E-state index in [0.29, 0.717) is 31.0 Å². The molecule has 0 radical (unpaired) electrons. The van der Waals surface area contributed by atoms with E-state index >= 15 is 0 Å². The highest BCUT2D eigenvalue weighted by Gasteiger charge is 2.35. The Morgan fingerprint density at radius 1 is 1.43 bits per heavy atom. The zero-order valence-electron chi connectivity index (χ0n) is 13.3. The third-order valence-corrected chi connectivity index (χ3v) is 5.30. The van der Waals surface area contributed by atoms with Crippen LogP contribution in [0.25, 0.3) is 0 Å². The summed E-state index contributed by atoms with van der Waals surface area (Å²) in [5.41, 5.74) is 0.470. The van der Waals surface area contributed by atoms with Gasteiger partial charge in [-0.25, -0.2) is 8.42 Å². The van der Waals surface area contributed by atoms with Crippen molar-refractivity contribution in [2.75, 3.05) is 36.9 Å². The van der Waals surface area contributed by atoms with Crippen LogP contribution in [0.1, 0.15) is 13.3 Å². The number of fused-ring (bicyclic) bond motifs is 1. The second-order valence-corrected chi connectivity index (χ2v) is 7.33. The van der Waals surface area contributed by atoms with E-state index in [-0.39, 0.29) is 18.2 Å². The SMILES string of the molecule is CCS(=O)(=O)N1CC(C(=O)NCCCOC)Oc2ccccc21. The van der Waals surface area contributed by atoms with Gasteiger partial charge in [-0.1, -0.05) is 12.1 Å². The van der Waals surface area contributed by atoms with Gasteiger partial charge in [-0.05, 0) is 25.5 Å². The third-order valence-electron chi connectivity index (χ3n) is 3.55. The normalized spacial score (nSPS) is 17.3. The molecule has 1 aliphatic rings. The maximum atomic E-state index is 12.3. The quantitative estimate of drug-likeness (QED) is 0.740. The van der Waals surface area contributed by atoms with Crippen LogP contribution in [0.15, 0.2) is 24.3 Å². The molecule has 128 valence electrons. The van der Waals surface area contributed by atoms with E-state index in [4.69, 9.17) is 9.47 Å². The average molecular weight is 342 g/mol. The zero-order valence-corrected chi connectivity index (χ0v) is 14.1. The average Bonchev–Trinajstić information content (AvgIpc) is 2.57. The molecule has 2 rings (SSSR count). The fraction of sp³-hybridized carbons (Fsp3) is 0.533. The number of nitrogens with one attached hydrogen (secondary N) is 1. The van der Waals surface area contributed by atoms with Crippen molar-refractivity contribution in [1.29, 1.82) is 0 Å². The van der Waals surface area contributed by atoms with Gasteiger partial charge >= 0.3 is 0 Å². The molecule has 0 aliphatic carbocycles. The molecule has 7 nitrogen and oxygen atoms in total. The van der Waals surface area contributed by atoms with Gasteiger partial charge in [-0.15, -0.1) is 0 Å². The Labute approximate surface area is 136 Å². The van der Waals surface area contributed by atoms with Crippen LogP contribution >= 0.6 is 0 Å². The minimum Gasteiger partial charge on any atom is -0.476 e. The Morgan fingerprint density at radius 2 is 2.17 bits per heavy atom. The van der Waals surface area contributed by atoms with Crippen LogP contribution in [0.3, 0.4) is 0 Å². The number of methoxy groups -OCH3 is 1. The first-order valence-corrected chi connectivity index (χ1v) is 9.13. The minimum atomic E-state index is -3.48. The molecule has 0 fully saturated rings. The van der Waals surface area contributed by atoms with Gasteiger partial charge in [0, 0.05) is 20.3 Å². The summed E-state index contributed by atoms with van der Waals surface area (Å²) in [7, 11) is -1.88. The van der Waals surface area contributed by atoms with Crippen molar-refractivity contribution in [2.45, 2.75) is 19.4 Å². The summed E-state index contributed by atoms with van der Waals surface area (Å²) >= 11 is 0. The molecule has 1 atom stereocenters. The lowest BCUT2D eigenvalue weighted by Crippen LogP contribution is -2.51. The van der Waals surface area contributed by atoms with Crippen LogP contribution in [-0.4, -0.2) is 53.0 Å². The van der Waals surface area contributed by atoms with Crippen molar-refractivity contribution >= 4 is 21.6 Å². The molecular weight excluding hydrogens is 320 g/mol. The Balaban J connectivity index is 2.15. The Hall–Kier alpha value is -1.80. The first-order valence-electron chi connectivity index (χ1n) is 7.52. The minimum absolute atomic E-state index is 0.0245. The maximum absolute atomic E-state index is 12.3. The Morgan fingerprint density at radius 3 is 2.87 bits per heavy atom. The van der Waals surface area contributed by atoms with E-state index in [2.05, 4.69) is 5.32 Å². The summed E-state index contributed by atoms with van der Waals surface area (Å²) in [4.78, 5) is 12.2. The van der Waals surface area contributed by atoms with Gasteiger partial charge in [0.15, 0.2) is 6.10 Å². The molecule has 0 spiro atoms. The Bertz CT molecular complexity index is 647. The summed E-state index contributed by atoms with van der Waals surface area (Å²) < 4.78 is 36.5. The molecule has 0 bridgehead atoms. The van der Waals surface area contributed by atoms with Crippen LogP contribution in [0.4, 0.5) is 5.69 Å². The summed E-state index contributed by atoms with van der Waals surface area (Å²) in [6.07, 6.45) is -0.184. The van der Waals surface area contributed by atoms with Gasteiger partial charge in [-0.2, -0.15) is 0 Å². The molecule has 1 unspecified atom stereocenters. The van der Waals surface area contributed by atoms with Crippen molar-refractivity contribution in [1.82, 2.24) is 5.32 Å². The lowest BCUT2D eigenvalue weighted by molar-refractivity contribution is -0.127. The number of anilines is 1. The number of amides is 1. The van der Waals surface area contributed by atoms with E-state index in [1.165, 1.54) is 4.31 Å². The molecule has 0 saturated carbocycles. The number of hydrogen-bond donors (Lipinski definition) is 1. The summed E-state index contributed by atoms with van der Waals surface area (Å²) in [5.74, 6) is 0.0310. The monoisotopic (exact) mass is 342 g/mol. The van der Waals surface area contributed by atoms with Crippen molar-refractivity contribution in [2.24, 2.45) is 0 Å². The van der Waals surface area contributed by atoms with E-state index in [1.54, 1.807) is 38.3 Å². The summed E-state index contributed by atoms with van der Waals surface area (Å²) in [6.45, 7) is 2.55. The van der Waals surface area contributed by atoms with Crippen molar-refractivity contribution in [3.63, 3.8) is 0 Å². The smallest absolute Gasteiger partial charge is 0.263 e. The molecular formula is C15H22N2O5S. The number of para-hydroxylation sites is 2. The lowest BCUT2D eigenvalue weighted by Gasteiger charge is -2.34. The number of ether oxygens (including phenoxy) is 2. The van der Waals surface area contributed by atoms with Crippen LogP contribution in [0.2, 0.25) is 0 Å². The van der Waals surface area contributed by atoms with Gasteiger partial charge in [0.1, 0.15) is 5.75 Å². The second-order valence-electron chi connectivity index (χ2n) is 5.14. The van der Waals surface area contributed by atoms with Gasteiger partial charge in [0.2, 0.25) is 10.0 Å². The fourth-order valence-corrected chi connectivity index (χ4v) is 3.42. The predicted molar refractivity (Wildman–Crippen MR) is 87.2 cm³/mol. The van der Waals surface area contributed by atoms with Crippen molar-refractivity contribution in [3.8, 4) is 5.75 Å². The largest absolute Gasteiger partial charge is 0.476 e.